The van der Waals surface area contributed by atoms with Crippen molar-refractivity contribution in [1.29, 1.82) is 5.26 Å². The van der Waals surface area contributed by atoms with Crippen LogP contribution in [0.3, 0.4) is 0 Å². The first-order valence-corrected chi connectivity index (χ1v) is 9.01. The molecule has 0 amide bonds. The van der Waals surface area contributed by atoms with Crippen molar-refractivity contribution in [2.24, 2.45) is 0 Å². The van der Waals surface area contributed by atoms with Gasteiger partial charge in [0.2, 0.25) is 0 Å². The van der Waals surface area contributed by atoms with Crippen LogP contribution in [-0.2, 0) is 0 Å². The Balaban J connectivity index is 1.79. The molecule has 0 bridgehead atoms. The number of nitrogens with one attached hydrogen (secondary N) is 1. The summed E-state index contributed by atoms with van der Waals surface area (Å²) in [5.41, 5.74) is 4.31. The molecule has 5 nitrogen and oxygen atoms in total. The van der Waals surface area contributed by atoms with E-state index in [0.717, 1.165) is 41.2 Å². The number of anilines is 1. The number of imidazole rings is 1. The minimum atomic E-state index is 0.575. The Kier molecular flexibility index (Phi) is 4.06. The summed E-state index contributed by atoms with van der Waals surface area (Å²) in [5.74, 6) is 1.02. The molecule has 4 rings (SSSR count). The van der Waals surface area contributed by atoms with E-state index in [1.165, 1.54) is 19.4 Å². The summed E-state index contributed by atoms with van der Waals surface area (Å²) in [6, 6.07) is 13.0. The molecule has 3 aromatic rings. The van der Waals surface area contributed by atoms with Gasteiger partial charge in [0, 0.05) is 12.6 Å². The molecule has 0 spiro atoms. The molecule has 1 aliphatic rings. The van der Waals surface area contributed by atoms with Gasteiger partial charge >= 0.3 is 0 Å². The highest BCUT2D eigenvalue weighted by atomic mass is 15.2. The van der Waals surface area contributed by atoms with Crippen LogP contribution in [0.15, 0.2) is 30.3 Å². The minimum Gasteiger partial charge on any atom is -0.370 e. The van der Waals surface area contributed by atoms with Crippen molar-refractivity contribution in [1.82, 2.24) is 14.3 Å². The van der Waals surface area contributed by atoms with Crippen molar-refractivity contribution in [2.75, 3.05) is 25.0 Å². The van der Waals surface area contributed by atoms with Gasteiger partial charge in [0.1, 0.15) is 11.9 Å². The third-order valence-corrected chi connectivity index (χ3v) is 5.31. The normalized spacial score (nSPS) is 18.0. The Morgan fingerprint density at radius 2 is 2.20 bits per heavy atom. The SMILES string of the molecule is CCN1CCC[C@@H]1CNc1cc(C)c(C#N)c2nc3ccccc3n12. The lowest BCUT2D eigenvalue weighted by molar-refractivity contribution is 0.277. The van der Waals surface area contributed by atoms with E-state index in [4.69, 9.17) is 4.98 Å². The van der Waals surface area contributed by atoms with Crippen LogP contribution in [0, 0.1) is 18.3 Å². The highest BCUT2D eigenvalue weighted by Gasteiger charge is 2.23. The van der Waals surface area contributed by atoms with E-state index in [2.05, 4.69) is 39.7 Å². The summed E-state index contributed by atoms with van der Waals surface area (Å²) in [4.78, 5) is 7.24. The summed E-state index contributed by atoms with van der Waals surface area (Å²) in [6.07, 6.45) is 2.51. The average molecular weight is 333 g/mol. The molecule has 1 N–H and O–H groups in total. The molecular formula is C20H23N5. The molecule has 0 radical (unpaired) electrons. The molecule has 128 valence electrons. The number of likely N-dealkylation sites (tertiary alicyclic amines) is 1. The third kappa shape index (κ3) is 2.63. The number of aromatic nitrogens is 2. The van der Waals surface area contributed by atoms with Gasteiger partial charge in [-0.25, -0.2) is 4.98 Å². The van der Waals surface area contributed by atoms with E-state index in [-0.39, 0.29) is 0 Å². The second-order valence-corrected chi connectivity index (χ2v) is 6.76. The zero-order valence-electron chi connectivity index (χ0n) is 14.8. The van der Waals surface area contributed by atoms with Gasteiger partial charge < -0.3 is 5.32 Å². The van der Waals surface area contributed by atoms with Crippen molar-refractivity contribution in [3.63, 3.8) is 0 Å². The standard InChI is InChI=1S/C20H23N5/c1-3-24-10-6-7-15(24)13-22-19-11-14(2)16(12-21)20-23-17-8-4-5-9-18(17)25(19)20/h4-5,8-9,11,15,22H,3,6-7,10,13H2,1-2H3/t15-/m1/s1. The smallest absolute Gasteiger partial charge is 0.157 e. The number of para-hydroxylation sites is 2. The summed E-state index contributed by atoms with van der Waals surface area (Å²) in [5, 5.41) is 13.2. The third-order valence-electron chi connectivity index (χ3n) is 5.31. The quantitative estimate of drug-likeness (QED) is 0.793. The molecule has 1 saturated heterocycles. The number of benzene rings is 1. The molecule has 0 saturated carbocycles. The van der Waals surface area contributed by atoms with Crippen LogP contribution in [0.2, 0.25) is 0 Å². The fourth-order valence-corrected chi connectivity index (χ4v) is 3.99. The number of fused-ring (bicyclic) bond motifs is 3. The van der Waals surface area contributed by atoms with Crippen LogP contribution in [0.25, 0.3) is 16.7 Å². The molecule has 2 aromatic heterocycles. The Hall–Kier alpha value is -2.58. The van der Waals surface area contributed by atoms with Crippen molar-refractivity contribution < 1.29 is 0 Å². The number of hydrogen-bond donors (Lipinski definition) is 1. The molecule has 25 heavy (non-hydrogen) atoms. The molecule has 3 heterocycles. The maximum absolute atomic E-state index is 9.57. The second kappa shape index (κ2) is 6.38. The van der Waals surface area contributed by atoms with Crippen LogP contribution in [0.5, 0.6) is 0 Å². The van der Waals surface area contributed by atoms with E-state index in [9.17, 15) is 5.26 Å². The lowest BCUT2D eigenvalue weighted by Crippen LogP contribution is -2.34. The number of nitriles is 1. The Morgan fingerprint density at radius 1 is 1.36 bits per heavy atom. The number of pyridine rings is 1. The Labute approximate surface area is 147 Å². The maximum Gasteiger partial charge on any atom is 0.157 e. The topological polar surface area (TPSA) is 56.4 Å². The first-order chi connectivity index (χ1) is 12.2. The Bertz CT molecular complexity index is 966. The summed E-state index contributed by atoms with van der Waals surface area (Å²) in [7, 11) is 0. The predicted molar refractivity (Wildman–Crippen MR) is 101 cm³/mol. The Morgan fingerprint density at radius 3 is 3.00 bits per heavy atom. The van der Waals surface area contributed by atoms with Crippen LogP contribution in [-0.4, -0.2) is 40.0 Å². The minimum absolute atomic E-state index is 0.575. The molecule has 5 heteroatoms. The van der Waals surface area contributed by atoms with Crippen LogP contribution in [0.4, 0.5) is 5.82 Å². The van der Waals surface area contributed by atoms with Gasteiger partial charge in [0.05, 0.1) is 16.6 Å². The molecule has 1 atom stereocenters. The lowest BCUT2D eigenvalue weighted by Gasteiger charge is -2.24. The fraction of sp³-hybridized carbons (Fsp3) is 0.400. The molecule has 1 aromatic carbocycles. The predicted octanol–water partition coefficient (Wildman–Crippen LogP) is 3.56. The van der Waals surface area contributed by atoms with E-state index in [1.807, 2.05) is 25.1 Å². The highest BCUT2D eigenvalue weighted by molar-refractivity contribution is 5.85. The summed E-state index contributed by atoms with van der Waals surface area (Å²) in [6.45, 7) is 7.42. The summed E-state index contributed by atoms with van der Waals surface area (Å²) >= 11 is 0. The van der Waals surface area contributed by atoms with E-state index in [1.54, 1.807) is 0 Å². The maximum atomic E-state index is 9.57. The second-order valence-electron chi connectivity index (χ2n) is 6.76. The van der Waals surface area contributed by atoms with Crippen LogP contribution < -0.4 is 5.32 Å². The van der Waals surface area contributed by atoms with Gasteiger partial charge in [0.15, 0.2) is 5.65 Å². The van der Waals surface area contributed by atoms with E-state index < -0.39 is 0 Å². The molecule has 1 aliphatic heterocycles. The summed E-state index contributed by atoms with van der Waals surface area (Å²) < 4.78 is 2.09. The number of hydrogen-bond acceptors (Lipinski definition) is 4. The van der Waals surface area contributed by atoms with Crippen LogP contribution in [0.1, 0.15) is 30.9 Å². The van der Waals surface area contributed by atoms with Gasteiger partial charge in [-0.1, -0.05) is 19.1 Å². The number of aryl methyl sites for hydroxylation is 1. The van der Waals surface area contributed by atoms with Gasteiger partial charge in [0.25, 0.3) is 0 Å². The zero-order chi connectivity index (χ0) is 17.4. The van der Waals surface area contributed by atoms with Crippen molar-refractivity contribution >= 4 is 22.5 Å². The number of likely N-dealkylation sites (N-methyl/N-ethyl adjacent to an activating group) is 1. The monoisotopic (exact) mass is 333 g/mol. The van der Waals surface area contributed by atoms with Crippen LogP contribution >= 0.6 is 0 Å². The largest absolute Gasteiger partial charge is 0.370 e. The molecular weight excluding hydrogens is 310 g/mol. The number of nitrogens with zero attached hydrogens (tertiary/aromatic N) is 4. The van der Waals surface area contributed by atoms with Gasteiger partial charge in [-0.3, -0.25) is 9.30 Å². The van der Waals surface area contributed by atoms with Gasteiger partial charge in [-0.05, 0) is 56.6 Å². The number of rotatable bonds is 4. The van der Waals surface area contributed by atoms with Crippen molar-refractivity contribution in [2.45, 2.75) is 32.7 Å². The average Bonchev–Trinajstić information content (AvgIpc) is 3.23. The molecule has 1 fully saturated rings. The van der Waals surface area contributed by atoms with E-state index in [0.29, 0.717) is 11.6 Å². The highest BCUT2D eigenvalue weighted by Crippen LogP contribution is 2.27. The van der Waals surface area contributed by atoms with Gasteiger partial charge in [-0.2, -0.15) is 5.26 Å². The first-order valence-electron chi connectivity index (χ1n) is 9.01. The van der Waals surface area contributed by atoms with E-state index >= 15 is 0 Å². The van der Waals surface area contributed by atoms with Gasteiger partial charge in [-0.15, -0.1) is 0 Å². The fourth-order valence-electron chi connectivity index (χ4n) is 3.99. The zero-order valence-corrected chi connectivity index (χ0v) is 14.8. The lowest BCUT2D eigenvalue weighted by atomic mass is 10.1. The van der Waals surface area contributed by atoms with Crippen molar-refractivity contribution in [3.8, 4) is 6.07 Å². The first kappa shape index (κ1) is 15.9. The van der Waals surface area contributed by atoms with Crippen molar-refractivity contribution in [3.05, 3.63) is 41.5 Å². The molecule has 0 unspecified atom stereocenters. The molecule has 0 aliphatic carbocycles.